The first-order valence-electron chi connectivity index (χ1n) is 10.7. The van der Waals surface area contributed by atoms with Crippen molar-refractivity contribution in [1.82, 2.24) is 14.4 Å². The van der Waals surface area contributed by atoms with Crippen LogP contribution >= 0.6 is 11.3 Å². The van der Waals surface area contributed by atoms with Crippen LogP contribution in [0.4, 0.5) is 5.69 Å². The van der Waals surface area contributed by atoms with E-state index in [0.29, 0.717) is 54.3 Å². The molecule has 0 unspecified atom stereocenters. The first-order valence-corrected chi connectivity index (χ1v) is 13.0. The summed E-state index contributed by atoms with van der Waals surface area (Å²) >= 11 is 1.50. The second kappa shape index (κ2) is 8.91. The quantitative estimate of drug-likeness (QED) is 0.445. The van der Waals surface area contributed by atoms with Gasteiger partial charge < -0.3 is 14.6 Å². The predicted octanol–water partition coefficient (Wildman–Crippen LogP) is 3.84. The van der Waals surface area contributed by atoms with Gasteiger partial charge >= 0.3 is 0 Å². The zero-order chi connectivity index (χ0) is 23.9. The molecule has 0 spiro atoms. The average molecular weight is 499 g/mol. The van der Waals surface area contributed by atoms with Gasteiger partial charge in [0, 0.05) is 18.8 Å². The molecule has 34 heavy (non-hydrogen) atoms. The van der Waals surface area contributed by atoms with Gasteiger partial charge in [0.25, 0.3) is 11.6 Å². The lowest BCUT2D eigenvalue weighted by Crippen LogP contribution is -2.40. The number of benzene rings is 1. The predicted molar refractivity (Wildman–Crippen MR) is 129 cm³/mol. The second-order valence-electron chi connectivity index (χ2n) is 7.93. The summed E-state index contributed by atoms with van der Waals surface area (Å²) in [6.45, 7) is 4.87. The van der Waals surface area contributed by atoms with Crippen LogP contribution in [-0.2, 0) is 14.8 Å². The molecule has 1 saturated heterocycles. The number of carbonyl (C=O) groups is 1. The molecule has 4 heterocycles. The van der Waals surface area contributed by atoms with Gasteiger partial charge in [-0.2, -0.15) is 4.31 Å². The molecule has 9 nitrogen and oxygen atoms in total. The molecule has 1 amide bonds. The van der Waals surface area contributed by atoms with Crippen LogP contribution in [-0.4, -0.2) is 55.1 Å². The third kappa shape index (κ3) is 4.11. The van der Waals surface area contributed by atoms with Crippen molar-refractivity contribution in [3.63, 3.8) is 0 Å². The van der Waals surface area contributed by atoms with E-state index in [-0.39, 0.29) is 10.6 Å². The molecule has 5 rings (SSSR count). The summed E-state index contributed by atoms with van der Waals surface area (Å²) in [6, 6.07) is 10.3. The van der Waals surface area contributed by atoms with Crippen molar-refractivity contribution < 1.29 is 22.5 Å². The summed E-state index contributed by atoms with van der Waals surface area (Å²) in [5.74, 6) is -0.402. The van der Waals surface area contributed by atoms with Crippen molar-refractivity contribution in [1.29, 1.82) is 0 Å². The maximum atomic E-state index is 13.4. The molecule has 0 bridgehead atoms. The third-order valence-corrected chi connectivity index (χ3v) is 8.49. The van der Waals surface area contributed by atoms with Crippen molar-refractivity contribution in [3.8, 4) is 10.6 Å². The summed E-state index contributed by atoms with van der Waals surface area (Å²) in [5.41, 5.74) is 2.92. The fourth-order valence-electron chi connectivity index (χ4n) is 3.85. The van der Waals surface area contributed by atoms with E-state index in [2.05, 4.69) is 15.5 Å². The molecular weight excluding hydrogens is 476 g/mol. The van der Waals surface area contributed by atoms with Gasteiger partial charge in [-0.25, -0.2) is 13.4 Å². The molecule has 3 aromatic heterocycles. The van der Waals surface area contributed by atoms with E-state index < -0.39 is 15.9 Å². The van der Waals surface area contributed by atoms with E-state index in [0.717, 1.165) is 10.4 Å². The SMILES string of the molecule is Cc1ccc(S(=O)(=O)N2CCOCC2)cc1NC(=O)c1cc(-c2cccs2)nc2onc(C)c12. The number of amides is 1. The highest BCUT2D eigenvalue weighted by molar-refractivity contribution is 7.89. The maximum Gasteiger partial charge on any atom is 0.259 e. The van der Waals surface area contributed by atoms with Gasteiger partial charge in [-0.3, -0.25) is 4.79 Å². The molecule has 0 radical (unpaired) electrons. The summed E-state index contributed by atoms with van der Waals surface area (Å²) in [5, 5.41) is 9.31. The Labute approximate surface area is 200 Å². The first-order chi connectivity index (χ1) is 16.3. The fourth-order valence-corrected chi connectivity index (χ4v) is 5.97. The highest BCUT2D eigenvalue weighted by Gasteiger charge is 2.27. The van der Waals surface area contributed by atoms with Crippen LogP contribution in [0.1, 0.15) is 21.6 Å². The van der Waals surface area contributed by atoms with Gasteiger partial charge in [0.1, 0.15) is 0 Å². The monoisotopic (exact) mass is 498 g/mol. The highest BCUT2D eigenvalue weighted by atomic mass is 32.2. The molecular formula is C23H22N4O5S2. The van der Waals surface area contributed by atoms with Crippen molar-refractivity contribution in [2.75, 3.05) is 31.6 Å². The molecule has 1 aliphatic rings. The van der Waals surface area contributed by atoms with Gasteiger partial charge in [0.05, 0.1) is 45.3 Å². The Kier molecular flexibility index (Phi) is 5.94. The van der Waals surface area contributed by atoms with E-state index >= 15 is 0 Å². The van der Waals surface area contributed by atoms with E-state index in [1.807, 2.05) is 24.4 Å². The summed E-state index contributed by atoms with van der Waals surface area (Å²) in [7, 11) is -3.70. The second-order valence-corrected chi connectivity index (χ2v) is 10.8. The molecule has 176 valence electrons. The van der Waals surface area contributed by atoms with E-state index in [4.69, 9.17) is 9.26 Å². The number of nitrogens with zero attached hydrogens (tertiary/aromatic N) is 3. The molecule has 1 fully saturated rings. The third-order valence-electron chi connectivity index (χ3n) is 5.70. The van der Waals surface area contributed by atoms with Crippen LogP contribution in [0.2, 0.25) is 0 Å². The van der Waals surface area contributed by atoms with Gasteiger partial charge in [-0.1, -0.05) is 17.3 Å². The number of pyridine rings is 1. The Hall–Kier alpha value is -3.12. The van der Waals surface area contributed by atoms with Crippen molar-refractivity contribution >= 4 is 44.1 Å². The number of hydrogen-bond donors (Lipinski definition) is 1. The van der Waals surface area contributed by atoms with Crippen molar-refractivity contribution in [3.05, 3.63) is 58.6 Å². The first kappa shape index (κ1) is 22.7. The van der Waals surface area contributed by atoms with Crippen LogP contribution in [0, 0.1) is 13.8 Å². The minimum Gasteiger partial charge on any atom is -0.379 e. The minimum atomic E-state index is -3.70. The normalized spacial score (nSPS) is 15.0. The molecule has 4 aromatic rings. The number of nitrogens with one attached hydrogen (secondary N) is 1. The molecule has 0 aliphatic carbocycles. The van der Waals surface area contributed by atoms with Crippen LogP contribution < -0.4 is 5.32 Å². The largest absolute Gasteiger partial charge is 0.379 e. The van der Waals surface area contributed by atoms with Gasteiger partial charge in [0.15, 0.2) is 0 Å². The number of hydrogen-bond acceptors (Lipinski definition) is 8. The van der Waals surface area contributed by atoms with Crippen molar-refractivity contribution in [2.45, 2.75) is 18.7 Å². The number of rotatable bonds is 5. The average Bonchev–Trinajstić information content (AvgIpc) is 3.51. The lowest BCUT2D eigenvalue weighted by atomic mass is 10.1. The smallest absolute Gasteiger partial charge is 0.259 e. The number of morpholine rings is 1. The Morgan fingerprint density at radius 1 is 1.15 bits per heavy atom. The van der Waals surface area contributed by atoms with E-state index in [1.165, 1.54) is 21.7 Å². The molecule has 0 atom stereocenters. The zero-order valence-electron chi connectivity index (χ0n) is 18.6. The molecule has 1 aliphatic heterocycles. The van der Waals surface area contributed by atoms with Crippen LogP contribution in [0.15, 0.2) is 51.2 Å². The number of aromatic nitrogens is 2. The van der Waals surface area contributed by atoms with Crippen LogP contribution in [0.3, 0.4) is 0 Å². The zero-order valence-corrected chi connectivity index (χ0v) is 20.2. The lowest BCUT2D eigenvalue weighted by Gasteiger charge is -2.26. The van der Waals surface area contributed by atoms with Crippen LogP contribution in [0.5, 0.6) is 0 Å². The molecule has 1 aromatic carbocycles. The van der Waals surface area contributed by atoms with Crippen LogP contribution in [0.25, 0.3) is 21.7 Å². The molecule has 1 N–H and O–H groups in total. The molecule has 11 heteroatoms. The minimum absolute atomic E-state index is 0.121. The number of thiophene rings is 1. The number of aryl methyl sites for hydroxylation is 2. The topological polar surface area (TPSA) is 115 Å². The summed E-state index contributed by atoms with van der Waals surface area (Å²) in [6.07, 6.45) is 0. The summed E-state index contributed by atoms with van der Waals surface area (Å²) in [4.78, 5) is 19.0. The Balaban J connectivity index is 1.51. The van der Waals surface area contributed by atoms with E-state index in [9.17, 15) is 13.2 Å². The number of fused-ring (bicyclic) bond motifs is 1. The number of sulfonamides is 1. The maximum absolute atomic E-state index is 13.4. The number of ether oxygens (including phenoxy) is 1. The highest BCUT2D eigenvalue weighted by Crippen LogP contribution is 2.31. The molecule has 0 saturated carbocycles. The van der Waals surface area contributed by atoms with E-state index in [1.54, 1.807) is 25.1 Å². The Bertz CT molecular complexity index is 1470. The summed E-state index contributed by atoms with van der Waals surface area (Å²) < 4.78 is 38.2. The van der Waals surface area contributed by atoms with Gasteiger partial charge in [-0.05, 0) is 49.1 Å². The van der Waals surface area contributed by atoms with Gasteiger partial charge in [-0.15, -0.1) is 11.3 Å². The van der Waals surface area contributed by atoms with Crippen molar-refractivity contribution in [2.24, 2.45) is 0 Å². The number of anilines is 1. The fraction of sp³-hybridized carbons (Fsp3) is 0.261. The Morgan fingerprint density at radius 2 is 1.94 bits per heavy atom. The number of carbonyl (C=O) groups excluding carboxylic acids is 1. The lowest BCUT2D eigenvalue weighted by molar-refractivity contribution is 0.0730. The standard InChI is InChI=1S/C23H22N4O5S2/c1-14-5-6-16(34(29,30)27-7-9-31-10-8-27)12-18(14)24-22(28)17-13-19(20-4-3-11-33-20)25-23-21(17)15(2)26-32-23/h3-6,11-13H,7-10H2,1-2H3,(H,24,28). The Morgan fingerprint density at radius 3 is 2.68 bits per heavy atom. The van der Waals surface area contributed by atoms with Gasteiger partial charge in [0.2, 0.25) is 10.0 Å².